The van der Waals surface area contributed by atoms with Crippen LogP contribution in [0.1, 0.15) is 17.7 Å². The minimum absolute atomic E-state index is 0.0841. The molecule has 0 amide bonds. The normalized spacial score (nSPS) is 12.2. The van der Waals surface area contributed by atoms with Gasteiger partial charge in [0.25, 0.3) is 6.43 Å². The van der Waals surface area contributed by atoms with E-state index in [0.717, 1.165) is 6.20 Å². The first-order valence-electron chi connectivity index (χ1n) is 3.33. The molecule has 0 aliphatic carbocycles. The summed E-state index contributed by atoms with van der Waals surface area (Å²) in [6.45, 7) is 0. The van der Waals surface area contributed by atoms with Gasteiger partial charge in [0, 0.05) is 16.2 Å². The third-order valence-electron chi connectivity index (χ3n) is 1.39. The summed E-state index contributed by atoms with van der Waals surface area (Å²) in [4.78, 5) is 2.92. The molecule has 14 heavy (non-hydrogen) atoms. The van der Waals surface area contributed by atoms with E-state index in [4.69, 9.17) is 0 Å². The Morgan fingerprint density at radius 3 is 2.29 bits per heavy atom. The van der Waals surface area contributed by atoms with Gasteiger partial charge in [-0.15, -0.1) is 0 Å². The molecule has 1 nitrogen and oxygen atoms in total. The van der Waals surface area contributed by atoms with E-state index in [1.165, 1.54) is 0 Å². The molecule has 0 N–H and O–H groups in total. The predicted molar refractivity (Wildman–Crippen MR) is 41.9 cm³/mol. The molecule has 78 valence electrons. The molecule has 1 aromatic rings. The number of nitrogens with zero attached hydrogens (tertiary/aromatic N) is 1. The van der Waals surface area contributed by atoms with Crippen LogP contribution in [0.2, 0.25) is 0 Å². The van der Waals surface area contributed by atoms with Gasteiger partial charge in [-0.3, -0.25) is 4.98 Å². The molecule has 0 fully saturated rings. The molecule has 0 saturated carbocycles. The van der Waals surface area contributed by atoms with Gasteiger partial charge in [-0.25, -0.2) is 8.78 Å². The van der Waals surface area contributed by atoms with E-state index in [0.29, 0.717) is 6.07 Å². The Morgan fingerprint density at radius 1 is 1.29 bits per heavy atom. The average molecular weight is 276 g/mol. The third kappa shape index (κ3) is 2.40. The maximum absolute atomic E-state index is 12.2. The van der Waals surface area contributed by atoms with Crippen LogP contribution in [0.15, 0.2) is 16.7 Å². The van der Waals surface area contributed by atoms with Crippen molar-refractivity contribution < 1.29 is 22.0 Å². The van der Waals surface area contributed by atoms with Crippen molar-refractivity contribution in [1.82, 2.24) is 4.98 Å². The molecule has 0 saturated heterocycles. The highest BCUT2D eigenvalue weighted by Gasteiger charge is 2.37. The van der Waals surface area contributed by atoms with Crippen molar-refractivity contribution in [3.8, 4) is 0 Å². The summed E-state index contributed by atoms with van der Waals surface area (Å²) in [5.74, 6) is 0. The molecule has 0 bridgehead atoms. The zero-order valence-corrected chi connectivity index (χ0v) is 8.03. The SMILES string of the molecule is FC(F)c1cc(Br)cnc1C(F)(F)F. The Labute approximate surface area is 84.1 Å². The Hall–Kier alpha value is -0.720. The lowest BCUT2D eigenvalue weighted by Crippen LogP contribution is -2.12. The summed E-state index contributed by atoms with van der Waals surface area (Å²) >= 11 is 2.77. The third-order valence-corrected chi connectivity index (χ3v) is 1.82. The molecule has 1 aromatic heterocycles. The number of rotatable bonds is 1. The summed E-state index contributed by atoms with van der Waals surface area (Å²) < 4.78 is 60.8. The minimum atomic E-state index is -4.85. The van der Waals surface area contributed by atoms with E-state index in [-0.39, 0.29) is 4.47 Å². The Balaban J connectivity index is 3.29. The van der Waals surface area contributed by atoms with Gasteiger partial charge < -0.3 is 0 Å². The average Bonchev–Trinajstić information content (AvgIpc) is 2.01. The lowest BCUT2D eigenvalue weighted by molar-refractivity contribution is -0.143. The van der Waals surface area contributed by atoms with Crippen molar-refractivity contribution >= 4 is 15.9 Å². The molecule has 7 heteroatoms. The van der Waals surface area contributed by atoms with Crippen LogP contribution in [0.25, 0.3) is 0 Å². The zero-order valence-electron chi connectivity index (χ0n) is 6.45. The van der Waals surface area contributed by atoms with E-state index < -0.39 is 23.9 Å². The van der Waals surface area contributed by atoms with E-state index in [2.05, 4.69) is 20.9 Å². The number of aromatic nitrogens is 1. The van der Waals surface area contributed by atoms with Crippen molar-refractivity contribution in [2.45, 2.75) is 12.6 Å². The standard InChI is InChI=1S/C7H3BrF5N/c8-3-1-4(6(9)10)5(14-2-3)7(11,12)13/h1-2,6H. The molecule has 0 unspecified atom stereocenters. The van der Waals surface area contributed by atoms with Gasteiger partial charge in [0.2, 0.25) is 0 Å². The van der Waals surface area contributed by atoms with Crippen LogP contribution in [-0.2, 0) is 6.18 Å². The van der Waals surface area contributed by atoms with Crippen LogP contribution in [0.5, 0.6) is 0 Å². The van der Waals surface area contributed by atoms with Gasteiger partial charge in [0.05, 0.1) is 0 Å². The monoisotopic (exact) mass is 275 g/mol. The quantitative estimate of drug-likeness (QED) is 0.711. The molecule has 1 heterocycles. The molecular weight excluding hydrogens is 273 g/mol. The second kappa shape index (κ2) is 3.80. The summed E-state index contributed by atoms with van der Waals surface area (Å²) in [5.41, 5.74) is -2.66. The fourth-order valence-corrected chi connectivity index (χ4v) is 1.21. The Kier molecular flexibility index (Phi) is 3.08. The highest BCUT2D eigenvalue weighted by Crippen LogP contribution is 2.35. The first kappa shape index (κ1) is 11.4. The highest BCUT2D eigenvalue weighted by atomic mass is 79.9. The number of hydrogen-bond acceptors (Lipinski definition) is 1. The van der Waals surface area contributed by atoms with Crippen molar-refractivity contribution in [2.24, 2.45) is 0 Å². The summed E-state index contributed by atoms with van der Waals surface area (Å²) in [7, 11) is 0. The largest absolute Gasteiger partial charge is 0.433 e. The number of alkyl halides is 5. The topological polar surface area (TPSA) is 12.9 Å². The fraction of sp³-hybridized carbons (Fsp3) is 0.286. The van der Waals surface area contributed by atoms with Crippen LogP contribution >= 0.6 is 15.9 Å². The molecule has 0 atom stereocenters. The van der Waals surface area contributed by atoms with Gasteiger partial charge in [0.1, 0.15) is 0 Å². The summed E-state index contributed by atoms with van der Waals surface area (Å²) in [5, 5.41) is 0. The van der Waals surface area contributed by atoms with E-state index in [1.807, 2.05) is 0 Å². The van der Waals surface area contributed by atoms with Crippen molar-refractivity contribution in [3.63, 3.8) is 0 Å². The smallest absolute Gasteiger partial charge is 0.250 e. The van der Waals surface area contributed by atoms with Crippen LogP contribution in [0.4, 0.5) is 22.0 Å². The maximum atomic E-state index is 12.2. The predicted octanol–water partition coefficient (Wildman–Crippen LogP) is 3.80. The molecule has 0 aliphatic heterocycles. The number of hydrogen-bond donors (Lipinski definition) is 0. The van der Waals surface area contributed by atoms with Gasteiger partial charge in [-0.2, -0.15) is 13.2 Å². The molecule has 0 spiro atoms. The van der Waals surface area contributed by atoms with E-state index in [1.54, 1.807) is 0 Å². The van der Waals surface area contributed by atoms with Crippen LogP contribution < -0.4 is 0 Å². The van der Waals surface area contributed by atoms with E-state index in [9.17, 15) is 22.0 Å². The van der Waals surface area contributed by atoms with E-state index >= 15 is 0 Å². The minimum Gasteiger partial charge on any atom is -0.250 e. The van der Waals surface area contributed by atoms with Crippen LogP contribution in [-0.4, -0.2) is 4.98 Å². The summed E-state index contributed by atoms with van der Waals surface area (Å²) in [6.07, 6.45) is -7.22. The molecule has 0 aromatic carbocycles. The molecule has 0 aliphatic rings. The number of halogens is 6. The zero-order chi connectivity index (χ0) is 10.9. The van der Waals surface area contributed by atoms with Crippen molar-refractivity contribution in [3.05, 3.63) is 28.0 Å². The van der Waals surface area contributed by atoms with Crippen molar-refractivity contribution in [1.29, 1.82) is 0 Å². The first-order valence-corrected chi connectivity index (χ1v) is 4.12. The second-order valence-electron chi connectivity index (χ2n) is 2.39. The van der Waals surface area contributed by atoms with Crippen LogP contribution in [0, 0.1) is 0 Å². The highest BCUT2D eigenvalue weighted by molar-refractivity contribution is 9.10. The van der Waals surface area contributed by atoms with Gasteiger partial charge in [-0.1, -0.05) is 0 Å². The summed E-state index contributed by atoms with van der Waals surface area (Å²) in [6, 6.07) is 0.709. The lowest BCUT2D eigenvalue weighted by Gasteiger charge is -2.10. The Bertz CT molecular complexity index is 335. The molecule has 1 rings (SSSR count). The van der Waals surface area contributed by atoms with Gasteiger partial charge >= 0.3 is 6.18 Å². The van der Waals surface area contributed by atoms with Gasteiger partial charge in [-0.05, 0) is 22.0 Å². The Morgan fingerprint density at radius 2 is 1.86 bits per heavy atom. The lowest BCUT2D eigenvalue weighted by atomic mass is 10.2. The maximum Gasteiger partial charge on any atom is 0.433 e. The second-order valence-corrected chi connectivity index (χ2v) is 3.31. The molecular formula is C7H3BrF5N. The van der Waals surface area contributed by atoms with Crippen molar-refractivity contribution in [2.75, 3.05) is 0 Å². The number of pyridine rings is 1. The van der Waals surface area contributed by atoms with Gasteiger partial charge in [0.15, 0.2) is 5.69 Å². The molecule has 0 radical (unpaired) electrons. The fourth-order valence-electron chi connectivity index (χ4n) is 0.858. The first-order chi connectivity index (χ1) is 6.32. The van der Waals surface area contributed by atoms with Crippen LogP contribution in [0.3, 0.4) is 0 Å².